The average Bonchev–Trinajstić information content (AvgIpc) is 3.24. The van der Waals surface area contributed by atoms with Crippen LogP contribution in [0.25, 0.3) is 10.7 Å². The van der Waals surface area contributed by atoms with Gasteiger partial charge in [0.1, 0.15) is 13.2 Å². The molecule has 23 heavy (non-hydrogen) atoms. The maximum atomic E-state index is 5.63. The Morgan fingerprint density at radius 2 is 2.09 bits per heavy atom. The Hall–Kier alpha value is -1.51. The zero-order chi connectivity index (χ0) is 15.6. The van der Waals surface area contributed by atoms with Crippen LogP contribution in [0, 0.1) is 0 Å². The molecule has 0 saturated heterocycles. The van der Waals surface area contributed by atoms with Gasteiger partial charge in [0, 0.05) is 10.2 Å². The first-order valence-electron chi connectivity index (χ1n) is 6.97. The molecular weight excluding hydrogens is 398 g/mol. The molecule has 2 aromatic heterocycles. The zero-order valence-corrected chi connectivity index (χ0v) is 15.1. The number of hydrogen-bond acceptors (Lipinski definition) is 6. The number of nitrogens with zero attached hydrogens (tertiary/aromatic N) is 2. The smallest absolute Gasteiger partial charge is 0.209 e. The van der Waals surface area contributed by atoms with Crippen LogP contribution in [-0.2, 0) is 5.75 Å². The number of ether oxygens (including phenoxy) is 2. The molecule has 0 saturated carbocycles. The fourth-order valence-electron chi connectivity index (χ4n) is 2.19. The van der Waals surface area contributed by atoms with Crippen LogP contribution in [-0.4, -0.2) is 28.4 Å². The second-order valence-electron chi connectivity index (χ2n) is 4.82. The molecule has 0 radical (unpaired) electrons. The lowest BCUT2D eigenvalue weighted by molar-refractivity contribution is 0.171. The fourth-order valence-corrected chi connectivity index (χ4v) is 4.29. The van der Waals surface area contributed by atoms with Gasteiger partial charge in [-0.05, 0) is 29.1 Å². The van der Waals surface area contributed by atoms with Gasteiger partial charge < -0.3 is 9.47 Å². The first kappa shape index (κ1) is 15.0. The lowest BCUT2D eigenvalue weighted by atomic mass is 10.2. The van der Waals surface area contributed by atoms with E-state index in [2.05, 4.69) is 31.1 Å². The summed E-state index contributed by atoms with van der Waals surface area (Å²) >= 11 is 6.81. The van der Waals surface area contributed by atoms with E-state index in [0.717, 1.165) is 43.1 Å². The highest BCUT2D eigenvalue weighted by Crippen LogP contribution is 2.37. The number of halogens is 1. The summed E-state index contributed by atoms with van der Waals surface area (Å²) in [5, 5.41) is 10.0. The number of thiophene rings is 1. The summed E-state index contributed by atoms with van der Waals surface area (Å²) in [5.74, 6) is 3.14. The van der Waals surface area contributed by atoms with Crippen LogP contribution in [0.4, 0.5) is 0 Å². The molecule has 3 aromatic rings. The summed E-state index contributed by atoms with van der Waals surface area (Å²) < 4.78 is 12.2. The van der Waals surface area contributed by atoms with E-state index in [1.807, 2.05) is 29.6 Å². The van der Waals surface area contributed by atoms with Gasteiger partial charge in [-0.25, -0.2) is 4.98 Å². The number of rotatable bonds is 4. The van der Waals surface area contributed by atoms with E-state index in [-0.39, 0.29) is 0 Å². The monoisotopic (exact) mass is 409 g/mol. The van der Waals surface area contributed by atoms with Gasteiger partial charge >= 0.3 is 0 Å². The van der Waals surface area contributed by atoms with Crippen LogP contribution in [0.1, 0.15) is 5.56 Å². The highest BCUT2D eigenvalue weighted by atomic mass is 79.9. The topological polar surface area (TPSA) is 60.0 Å². The van der Waals surface area contributed by atoms with Gasteiger partial charge in [0.15, 0.2) is 17.3 Å². The average molecular weight is 410 g/mol. The SMILES string of the molecule is Brc1cc2c(cc1CSc1n[nH]c(-c3cccs3)n1)OCCO2. The molecule has 4 rings (SSSR count). The largest absolute Gasteiger partial charge is 0.486 e. The molecule has 0 aliphatic carbocycles. The minimum Gasteiger partial charge on any atom is -0.486 e. The molecule has 3 heterocycles. The zero-order valence-electron chi connectivity index (χ0n) is 11.9. The number of H-pyrrole nitrogens is 1. The summed E-state index contributed by atoms with van der Waals surface area (Å²) in [5.41, 5.74) is 1.13. The van der Waals surface area contributed by atoms with Crippen molar-refractivity contribution in [3.8, 4) is 22.2 Å². The Morgan fingerprint density at radius 1 is 1.26 bits per heavy atom. The molecule has 0 bridgehead atoms. The van der Waals surface area contributed by atoms with Crippen molar-refractivity contribution in [2.24, 2.45) is 0 Å². The van der Waals surface area contributed by atoms with Crippen molar-refractivity contribution in [2.45, 2.75) is 10.9 Å². The second-order valence-corrected chi connectivity index (χ2v) is 7.56. The number of fused-ring (bicyclic) bond motifs is 1. The molecule has 1 N–H and O–H groups in total. The van der Waals surface area contributed by atoms with Crippen molar-refractivity contribution in [1.29, 1.82) is 0 Å². The Labute approximate surface area is 149 Å². The van der Waals surface area contributed by atoms with E-state index in [0.29, 0.717) is 13.2 Å². The molecular formula is C15H12BrN3O2S2. The van der Waals surface area contributed by atoms with Gasteiger partial charge in [-0.1, -0.05) is 33.8 Å². The van der Waals surface area contributed by atoms with Crippen molar-refractivity contribution in [3.05, 3.63) is 39.7 Å². The summed E-state index contributed by atoms with van der Waals surface area (Å²) in [6.07, 6.45) is 0. The maximum Gasteiger partial charge on any atom is 0.209 e. The predicted molar refractivity (Wildman–Crippen MR) is 94.4 cm³/mol. The molecule has 1 aromatic carbocycles. The number of aromatic nitrogens is 3. The molecule has 1 aliphatic rings. The van der Waals surface area contributed by atoms with Gasteiger partial charge in [0.05, 0.1) is 4.88 Å². The van der Waals surface area contributed by atoms with E-state index < -0.39 is 0 Å². The predicted octanol–water partition coefficient (Wildman–Crippen LogP) is 4.36. The Bertz CT molecular complexity index is 820. The van der Waals surface area contributed by atoms with Gasteiger partial charge in [0.25, 0.3) is 0 Å². The van der Waals surface area contributed by atoms with E-state index in [9.17, 15) is 0 Å². The van der Waals surface area contributed by atoms with Crippen molar-refractivity contribution >= 4 is 39.0 Å². The summed E-state index contributed by atoms with van der Waals surface area (Å²) in [6.45, 7) is 1.18. The Kier molecular flexibility index (Phi) is 4.28. The van der Waals surface area contributed by atoms with Crippen LogP contribution in [0.2, 0.25) is 0 Å². The van der Waals surface area contributed by atoms with Crippen molar-refractivity contribution in [2.75, 3.05) is 13.2 Å². The minimum atomic E-state index is 0.590. The third kappa shape index (κ3) is 3.24. The van der Waals surface area contributed by atoms with Crippen molar-refractivity contribution < 1.29 is 9.47 Å². The highest BCUT2D eigenvalue weighted by molar-refractivity contribution is 9.10. The minimum absolute atomic E-state index is 0.590. The standard InChI is InChI=1S/C15H12BrN3O2S2/c16-10-7-12-11(20-3-4-21-12)6-9(10)8-23-15-17-14(18-19-15)13-2-1-5-22-13/h1-2,5-7H,3-4,8H2,(H,17,18,19). The Balaban J connectivity index is 1.49. The van der Waals surface area contributed by atoms with Crippen molar-refractivity contribution in [3.63, 3.8) is 0 Å². The molecule has 0 amide bonds. The third-order valence-electron chi connectivity index (χ3n) is 3.29. The molecule has 118 valence electrons. The lowest BCUT2D eigenvalue weighted by Gasteiger charge is -2.19. The van der Waals surface area contributed by atoms with Crippen LogP contribution >= 0.6 is 39.0 Å². The molecule has 0 spiro atoms. The quantitative estimate of drug-likeness (QED) is 0.648. The number of nitrogens with one attached hydrogen (secondary N) is 1. The second kappa shape index (κ2) is 6.54. The molecule has 0 atom stereocenters. The van der Waals surface area contributed by atoms with Gasteiger partial charge in [-0.15, -0.1) is 16.4 Å². The van der Waals surface area contributed by atoms with Crippen molar-refractivity contribution in [1.82, 2.24) is 15.2 Å². The maximum absolute atomic E-state index is 5.63. The normalized spacial score (nSPS) is 13.3. The number of thioether (sulfide) groups is 1. The third-order valence-corrected chi connectivity index (χ3v) is 5.80. The summed E-state index contributed by atoms with van der Waals surface area (Å²) in [6, 6.07) is 8.00. The van der Waals surface area contributed by atoms with E-state index in [1.165, 1.54) is 0 Å². The molecule has 8 heteroatoms. The fraction of sp³-hybridized carbons (Fsp3) is 0.200. The molecule has 5 nitrogen and oxygen atoms in total. The summed E-state index contributed by atoms with van der Waals surface area (Å²) in [4.78, 5) is 5.61. The van der Waals surface area contributed by atoms with E-state index in [1.54, 1.807) is 23.1 Å². The van der Waals surface area contributed by atoms with Gasteiger partial charge in [-0.3, -0.25) is 5.10 Å². The molecule has 0 fully saturated rings. The molecule has 1 aliphatic heterocycles. The molecule has 0 unspecified atom stereocenters. The first-order chi connectivity index (χ1) is 11.3. The van der Waals surface area contributed by atoms with E-state index >= 15 is 0 Å². The van der Waals surface area contributed by atoms with Crippen LogP contribution in [0.5, 0.6) is 11.5 Å². The van der Waals surface area contributed by atoms with E-state index in [4.69, 9.17) is 9.47 Å². The first-order valence-corrected chi connectivity index (χ1v) is 9.62. The number of benzene rings is 1. The van der Waals surface area contributed by atoms with Crippen LogP contribution in [0.3, 0.4) is 0 Å². The van der Waals surface area contributed by atoms with Crippen LogP contribution in [0.15, 0.2) is 39.3 Å². The highest BCUT2D eigenvalue weighted by Gasteiger charge is 2.15. The lowest BCUT2D eigenvalue weighted by Crippen LogP contribution is -2.15. The number of aromatic amines is 1. The Morgan fingerprint density at radius 3 is 2.87 bits per heavy atom. The number of hydrogen-bond donors (Lipinski definition) is 1. The van der Waals surface area contributed by atoms with Gasteiger partial charge in [0.2, 0.25) is 5.16 Å². The van der Waals surface area contributed by atoms with Crippen LogP contribution < -0.4 is 9.47 Å². The van der Waals surface area contributed by atoms with Gasteiger partial charge in [-0.2, -0.15) is 0 Å². The summed E-state index contributed by atoms with van der Waals surface area (Å²) in [7, 11) is 0.